The summed E-state index contributed by atoms with van der Waals surface area (Å²) in [5.74, 6) is 0.810. The highest BCUT2D eigenvalue weighted by Crippen LogP contribution is 1.88. The first-order chi connectivity index (χ1) is 4.52. The molecule has 0 aliphatic rings. The first kappa shape index (κ1) is 8.97. The monoisotopic (exact) mass is 142 g/mol. The molecule has 0 heterocycles. The highest BCUT2D eigenvalue weighted by molar-refractivity contribution is 5.78. The van der Waals surface area contributed by atoms with Crippen LogP contribution in [0.2, 0.25) is 0 Å². The summed E-state index contributed by atoms with van der Waals surface area (Å²) >= 11 is 0. The van der Waals surface area contributed by atoms with Gasteiger partial charge < -0.3 is 17.2 Å². The van der Waals surface area contributed by atoms with Crippen LogP contribution in [0.4, 0.5) is 0 Å². The minimum atomic E-state index is -0.0805. The molecule has 0 aromatic carbocycles. The Hall–Kier alpha value is -1.03. The molecule has 0 saturated heterocycles. The van der Waals surface area contributed by atoms with Crippen LogP contribution in [0, 0.1) is 0 Å². The van der Waals surface area contributed by atoms with E-state index in [0.717, 1.165) is 0 Å². The molecule has 58 valence electrons. The molecule has 0 bridgehead atoms. The van der Waals surface area contributed by atoms with Gasteiger partial charge in [-0.3, -0.25) is 0 Å². The first-order valence-corrected chi connectivity index (χ1v) is 3.06. The van der Waals surface area contributed by atoms with Crippen molar-refractivity contribution >= 4 is 5.84 Å². The summed E-state index contributed by atoms with van der Waals surface area (Å²) < 4.78 is 0. The maximum Gasteiger partial charge on any atom is 0.122 e. The van der Waals surface area contributed by atoms with Gasteiger partial charge in [-0.1, -0.05) is 0 Å². The fourth-order valence-corrected chi connectivity index (χ4v) is 0.510. The third-order valence-corrected chi connectivity index (χ3v) is 0.739. The Balaban J connectivity index is 4.08. The highest BCUT2D eigenvalue weighted by Gasteiger charge is 1.89. The zero-order valence-corrected chi connectivity index (χ0v) is 6.33. The fourth-order valence-electron chi connectivity index (χ4n) is 0.510. The van der Waals surface area contributed by atoms with E-state index >= 15 is 0 Å². The van der Waals surface area contributed by atoms with Crippen LogP contribution < -0.4 is 17.2 Å². The molecule has 0 aliphatic heterocycles. The van der Waals surface area contributed by atoms with Gasteiger partial charge in [-0.25, -0.2) is 4.99 Å². The van der Waals surface area contributed by atoms with Crippen molar-refractivity contribution in [3.8, 4) is 0 Å². The van der Waals surface area contributed by atoms with Crippen molar-refractivity contribution in [1.82, 2.24) is 0 Å². The summed E-state index contributed by atoms with van der Waals surface area (Å²) in [7, 11) is 0. The number of nitrogens with two attached hydrogens (primary N) is 3. The number of aliphatic imine (C=N–C) groups is 1. The van der Waals surface area contributed by atoms with Gasteiger partial charge in [0.25, 0.3) is 0 Å². The smallest absolute Gasteiger partial charge is 0.122 e. The lowest BCUT2D eigenvalue weighted by atomic mass is 10.3. The van der Waals surface area contributed by atoms with Crippen molar-refractivity contribution in [3.63, 3.8) is 0 Å². The zero-order valence-electron chi connectivity index (χ0n) is 6.33. The van der Waals surface area contributed by atoms with Crippen molar-refractivity contribution in [2.24, 2.45) is 22.2 Å². The molecule has 10 heavy (non-hydrogen) atoms. The standard InChI is InChI=1S/C6H14N4/c1-4(7)3-6(9)10-5(2)8/h3-4H,7,9H2,1-2H3,(H2,8,10)/b6-3+. The van der Waals surface area contributed by atoms with Crippen LogP contribution in [0.25, 0.3) is 0 Å². The number of hydrogen-bond acceptors (Lipinski definition) is 3. The molecule has 4 nitrogen and oxygen atoms in total. The van der Waals surface area contributed by atoms with Gasteiger partial charge in [-0.15, -0.1) is 0 Å². The van der Waals surface area contributed by atoms with E-state index in [0.29, 0.717) is 11.7 Å². The van der Waals surface area contributed by atoms with Crippen LogP contribution >= 0.6 is 0 Å². The van der Waals surface area contributed by atoms with Crippen LogP contribution in [0.15, 0.2) is 16.9 Å². The minimum absolute atomic E-state index is 0.0805. The van der Waals surface area contributed by atoms with Crippen LogP contribution in [0.1, 0.15) is 13.8 Å². The fraction of sp³-hybridized carbons (Fsp3) is 0.500. The molecular weight excluding hydrogens is 128 g/mol. The van der Waals surface area contributed by atoms with Gasteiger partial charge in [-0.2, -0.15) is 0 Å². The van der Waals surface area contributed by atoms with E-state index in [1.165, 1.54) is 0 Å². The van der Waals surface area contributed by atoms with E-state index in [9.17, 15) is 0 Å². The molecule has 0 radical (unpaired) electrons. The maximum atomic E-state index is 5.40. The number of hydrogen-bond donors (Lipinski definition) is 3. The Labute approximate surface area is 60.8 Å². The van der Waals surface area contributed by atoms with Crippen molar-refractivity contribution in [3.05, 3.63) is 11.9 Å². The molecule has 0 amide bonds. The lowest BCUT2D eigenvalue weighted by Crippen LogP contribution is -2.15. The quantitative estimate of drug-likeness (QED) is 0.359. The van der Waals surface area contributed by atoms with Gasteiger partial charge in [-0.05, 0) is 19.9 Å². The topological polar surface area (TPSA) is 90.4 Å². The molecule has 0 fully saturated rings. The van der Waals surface area contributed by atoms with E-state index in [4.69, 9.17) is 17.2 Å². The van der Waals surface area contributed by atoms with E-state index in [1.54, 1.807) is 13.0 Å². The van der Waals surface area contributed by atoms with Gasteiger partial charge in [0.05, 0.1) is 5.84 Å². The van der Waals surface area contributed by atoms with Gasteiger partial charge in [0.1, 0.15) is 5.82 Å². The second-order valence-corrected chi connectivity index (χ2v) is 2.20. The molecule has 4 heteroatoms. The molecule has 1 unspecified atom stereocenters. The normalized spacial score (nSPS) is 17.1. The van der Waals surface area contributed by atoms with E-state index in [2.05, 4.69) is 4.99 Å². The predicted molar refractivity (Wildman–Crippen MR) is 43.2 cm³/mol. The Morgan fingerprint density at radius 1 is 1.50 bits per heavy atom. The predicted octanol–water partition coefficient (Wildman–Crippen LogP) is -0.489. The van der Waals surface area contributed by atoms with E-state index in [1.807, 2.05) is 6.92 Å². The van der Waals surface area contributed by atoms with Gasteiger partial charge in [0.15, 0.2) is 0 Å². The molecule has 0 rings (SSSR count). The van der Waals surface area contributed by atoms with Gasteiger partial charge in [0.2, 0.25) is 0 Å². The summed E-state index contributed by atoms with van der Waals surface area (Å²) in [6, 6.07) is -0.0805. The summed E-state index contributed by atoms with van der Waals surface area (Å²) in [4.78, 5) is 3.77. The molecule has 1 atom stereocenters. The van der Waals surface area contributed by atoms with Crippen LogP contribution in [0.5, 0.6) is 0 Å². The SMILES string of the molecule is CC(N)=N/C(N)=C/C(C)N. The summed E-state index contributed by atoms with van der Waals surface area (Å²) in [6.45, 7) is 3.48. The third kappa shape index (κ3) is 5.11. The Kier molecular flexibility index (Phi) is 3.49. The summed E-state index contributed by atoms with van der Waals surface area (Å²) in [6.07, 6.45) is 1.64. The van der Waals surface area contributed by atoms with Crippen molar-refractivity contribution in [1.29, 1.82) is 0 Å². The zero-order chi connectivity index (χ0) is 8.15. The highest BCUT2D eigenvalue weighted by atomic mass is 14.9. The number of nitrogens with zero attached hydrogens (tertiary/aromatic N) is 1. The van der Waals surface area contributed by atoms with Gasteiger partial charge in [0, 0.05) is 6.04 Å². The molecule has 0 saturated carbocycles. The van der Waals surface area contributed by atoms with Crippen molar-refractivity contribution < 1.29 is 0 Å². The minimum Gasteiger partial charge on any atom is -0.387 e. The van der Waals surface area contributed by atoms with E-state index < -0.39 is 0 Å². The average Bonchev–Trinajstić information content (AvgIpc) is 1.58. The number of amidine groups is 1. The second-order valence-electron chi connectivity index (χ2n) is 2.20. The van der Waals surface area contributed by atoms with Crippen molar-refractivity contribution in [2.75, 3.05) is 0 Å². The molecule has 0 aromatic rings. The molecule has 0 aliphatic carbocycles. The molecular formula is C6H14N4. The van der Waals surface area contributed by atoms with Crippen LogP contribution in [0.3, 0.4) is 0 Å². The molecule has 0 aromatic heterocycles. The van der Waals surface area contributed by atoms with Gasteiger partial charge >= 0.3 is 0 Å². The second kappa shape index (κ2) is 3.90. The van der Waals surface area contributed by atoms with Crippen LogP contribution in [-0.2, 0) is 0 Å². The number of rotatable bonds is 2. The average molecular weight is 142 g/mol. The van der Waals surface area contributed by atoms with Crippen LogP contribution in [-0.4, -0.2) is 11.9 Å². The first-order valence-electron chi connectivity index (χ1n) is 3.06. The summed E-state index contributed by atoms with van der Waals surface area (Å²) in [5.41, 5.74) is 16.0. The van der Waals surface area contributed by atoms with Crippen molar-refractivity contribution in [2.45, 2.75) is 19.9 Å². The Bertz CT molecular complexity index is 153. The Morgan fingerprint density at radius 2 is 2.00 bits per heavy atom. The largest absolute Gasteiger partial charge is 0.387 e. The van der Waals surface area contributed by atoms with E-state index in [-0.39, 0.29) is 6.04 Å². The third-order valence-electron chi connectivity index (χ3n) is 0.739. The lowest BCUT2D eigenvalue weighted by Gasteiger charge is -1.97. The molecule has 6 N–H and O–H groups in total. The Morgan fingerprint density at radius 3 is 2.30 bits per heavy atom. The summed E-state index contributed by atoms with van der Waals surface area (Å²) in [5, 5.41) is 0. The molecule has 0 spiro atoms. The lowest BCUT2D eigenvalue weighted by molar-refractivity contribution is 0.907. The maximum absolute atomic E-state index is 5.40.